The van der Waals surface area contributed by atoms with E-state index >= 15 is 0 Å². The van der Waals surface area contributed by atoms with Gasteiger partial charge < -0.3 is 0 Å². The first-order chi connectivity index (χ1) is 14.3. The molecule has 166 valence electrons. The van der Waals surface area contributed by atoms with Gasteiger partial charge in [0.05, 0.1) is 0 Å². The Kier molecular flexibility index (Phi) is 10.6. The maximum absolute atomic E-state index is 6.01. The molecule has 2 aromatic carbocycles. The van der Waals surface area contributed by atoms with Crippen LogP contribution in [0.15, 0.2) is 36.4 Å². The van der Waals surface area contributed by atoms with E-state index < -0.39 is 0 Å². The van der Waals surface area contributed by atoms with Gasteiger partial charge in [0, 0.05) is 0 Å². The van der Waals surface area contributed by atoms with Crippen LogP contribution < -0.4 is 8.92 Å². The first kappa shape index (κ1) is 25.7. The monoisotopic (exact) mass is 542 g/mol. The van der Waals surface area contributed by atoms with E-state index in [9.17, 15) is 0 Å². The molecule has 2 nitrogen and oxygen atoms in total. The summed E-state index contributed by atoms with van der Waals surface area (Å²) in [5, 5.41) is 0. The number of ether oxygens (including phenoxy) is 2. The quantitative estimate of drug-likeness (QED) is 0.356. The summed E-state index contributed by atoms with van der Waals surface area (Å²) in [5.74, 6) is 1.04. The van der Waals surface area contributed by atoms with Crippen molar-refractivity contribution in [1.82, 2.24) is 0 Å². The van der Waals surface area contributed by atoms with Gasteiger partial charge in [0.15, 0.2) is 0 Å². The van der Waals surface area contributed by atoms with Crippen molar-refractivity contribution in [3.8, 4) is 0 Å². The van der Waals surface area contributed by atoms with Crippen molar-refractivity contribution < 1.29 is 9.47 Å². The minimum absolute atomic E-state index is 0.142. The molecule has 4 heteroatoms. The Labute approximate surface area is 195 Å². The fraction of sp³-hybridized carbons (Fsp3) is 0.538. The van der Waals surface area contributed by atoms with Crippen LogP contribution in [0.4, 0.5) is 0 Å². The zero-order chi connectivity index (χ0) is 22.3. The molecule has 0 spiro atoms. The molecule has 0 aliphatic heterocycles. The molecule has 2 rings (SSSR count). The molecule has 0 bridgehead atoms. The summed E-state index contributed by atoms with van der Waals surface area (Å²) in [6.07, 6.45) is 0.284. The van der Waals surface area contributed by atoms with Gasteiger partial charge in [0.25, 0.3) is 0 Å². The molecule has 0 aliphatic carbocycles. The van der Waals surface area contributed by atoms with E-state index in [-0.39, 0.29) is 12.2 Å². The number of hydrogen-bond donors (Lipinski definition) is 0. The summed E-state index contributed by atoms with van der Waals surface area (Å²) in [4.78, 5) is 0. The molecule has 0 radical (unpaired) electrons. The summed E-state index contributed by atoms with van der Waals surface area (Å²) in [6.45, 7) is 19.3. The molecule has 0 heterocycles. The normalized spacial score (nSPS) is 13.8. The van der Waals surface area contributed by atoms with Crippen LogP contribution in [-0.2, 0) is 9.47 Å². The van der Waals surface area contributed by atoms with Crippen molar-refractivity contribution in [2.45, 2.75) is 79.4 Å². The Hall–Kier alpha value is -0.601. The summed E-state index contributed by atoms with van der Waals surface area (Å²) in [7, 11) is 0. The summed E-state index contributed by atoms with van der Waals surface area (Å²) < 4.78 is 15.1. The molecular formula is C26H38O2Se2. The van der Waals surface area contributed by atoms with E-state index in [1.165, 1.54) is 22.3 Å². The zero-order valence-electron chi connectivity index (χ0n) is 19.8. The van der Waals surface area contributed by atoms with Gasteiger partial charge in [-0.15, -0.1) is 0 Å². The van der Waals surface area contributed by atoms with Gasteiger partial charge in [-0.3, -0.25) is 0 Å². The summed E-state index contributed by atoms with van der Waals surface area (Å²) in [6, 6.07) is 13.6. The minimum atomic E-state index is 0.142. The Balaban J connectivity index is 2.48. The van der Waals surface area contributed by atoms with Crippen molar-refractivity contribution in [3.63, 3.8) is 0 Å². The van der Waals surface area contributed by atoms with Crippen LogP contribution in [0, 0.1) is 0 Å². The topological polar surface area (TPSA) is 18.5 Å². The van der Waals surface area contributed by atoms with Crippen LogP contribution in [0.2, 0.25) is 0 Å². The first-order valence-corrected chi connectivity index (χ1v) is 17.2. The van der Waals surface area contributed by atoms with E-state index in [0.29, 0.717) is 38.1 Å². The molecular weight excluding hydrogens is 502 g/mol. The number of benzene rings is 2. The molecule has 0 fully saturated rings. The Morgan fingerprint density at radius 3 is 1.23 bits per heavy atom. The fourth-order valence-corrected chi connectivity index (χ4v) is 13.1. The van der Waals surface area contributed by atoms with Crippen molar-refractivity contribution in [2.24, 2.45) is 0 Å². The predicted octanol–water partition coefficient (Wildman–Crippen LogP) is 5.40. The van der Waals surface area contributed by atoms with Crippen LogP contribution in [-0.4, -0.2) is 39.5 Å². The molecule has 30 heavy (non-hydrogen) atoms. The second-order valence-electron chi connectivity index (χ2n) is 8.20. The molecule has 0 N–H and O–H groups in total. The van der Waals surface area contributed by atoms with E-state index in [4.69, 9.17) is 9.47 Å². The molecule has 2 aromatic rings. The van der Waals surface area contributed by atoms with Gasteiger partial charge >= 0.3 is 196 Å². The van der Waals surface area contributed by atoms with E-state index in [2.05, 4.69) is 91.8 Å². The molecule has 0 saturated carbocycles. The third-order valence-corrected chi connectivity index (χ3v) is 12.7. The maximum atomic E-state index is 6.01. The second-order valence-corrected chi connectivity index (χ2v) is 14.2. The second kappa shape index (κ2) is 12.4. The van der Waals surface area contributed by atoms with Crippen molar-refractivity contribution in [2.75, 3.05) is 13.2 Å². The van der Waals surface area contributed by atoms with Gasteiger partial charge in [0.1, 0.15) is 0 Å². The van der Waals surface area contributed by atoms with Gasteiger partial charge in [0.2, 0.25) is 0 Å². The van der Waals surface area contributed by atoms with Crippen LogP contribution in [0.3, 0.4) is 0 Å². The van der Waals surface area contributed by atoms with Crippen LogP contribution >= 0.6 is 0 Å². The average Bonchev–Trinajstić information content (AvgIpc) is 2.71. The number of hydrogen-bond acceptors (Lipinski definition) is 2. The molecule has 0 aliphatic rings. The van der Waals surface area contributed by atoms with Gasteiger partial charge in [-0.2, -0.15) is 0 Å². The third kappa shape index (κ3) is 6.45. The van der Waals surface area contributed by atoms with Crippen molar-refractivity contribution in [3.05, 3.63) is 58.7 Å². The fourth-order valence-electron chi connectivity index (χ4n) is 3.65. The van der Waals surface area contributed by atoms with E-state index in [1.54, 1.807) is 8.92 Å². The average molecular weight is 541 g/mol. The molecule has 0 amide bonds. The van der Waals surface area contributed by atoms with Gasteiger partial charge in [-0.05, 0) is 0 Å². The van der Waals surface area contributed by atoms with Crippen molar-refractivity contribution >= 4 is 35.2 Å². The SMILES string of the molecule is CCO[C@@H](C)c1cccc(C(C)C)c1[Se][Se]c1c(C(C)C)cccc1[C@H](C)OCC. The third-order valence-electron chi connectivity index (χ3n) is 5.31. The Morgan fingerprint density at radius 1 is 0.600 bits per heavy atom. The molecule has 0 saturated heterocycles. The van der Waals surface area contributed by atoms with Crippen LogP contribution in [0.5, 0.6) is 0 Å². The predicted molar refractivity (Wildman–Crippen MR) is 132 cm³/mol. The summed E-state index contributed by atoms with van der Waals surface area (Å²) in [5.41, 5.74) is 5.74. The first-order valence-electron chi connectivity index (χ1n) is 11.1. The van der Waals surface area contributed by atoms with E-state index in [1.807, 2.05) is 0 Å². The van der Waals surface area contributed by atoms with Crippen molar-refractivity contribution in [1.29, 1.82) is 0 Å². The Bertz CT molecular complexity index is 734. The standard InChI is InChI=1S/C26H38O2Se2/c1-9-27-19(7)23-15-11-13-21(17(3)4)25(23)29-30-26-22(18(5)6)14-12-16-24(26)20(8)28-10-2/h11-20H,9-10H2,1-8H3/t19-,20-/m0/s1. The van der Waals surface area contributed by atoms with Gasteiger partial charge in [-0.25, -0.2) is 0 Å². The van der Waals surface area contributed by atoms with Gasteiger partial charge in [-0.1, -0.05) is 0 Å². The van der Waals surface area contributed by atoms with Crippen LogP contribution in [0.1, 0.15) is 102 Å². The molecule has 2 atom stereocenters. The van der Waals surface area contributed by atoms with E-state index in [0.717, 1.165) is 13.2 Å². The molecule has 0 aromatic heterocycles. The van der Waals surface area contributed by atoms with Crippen LogP contribution in [0.25, 0.3) is 0 Å². The Morgan fingerprint density at radius 2 is 0.933 bits per heavy atom. The summed E-state index contributed by atoms with van der Waals surface area (Å²) >= 11 is 0.778. The number of rotatable bonds is 11. The molecule has 0 unspecified atom stereocenters. The zero-order valence-corrected chi connectivity index (χ0v) is 23.2.